The quantitative estimate of drug-likeness (QED) is 0.813. The van der Waals surface area contributed by atoms with Gasteiger partial charge in [-0.2, -0.15) is 0 Å². The molecule has 2 aliphatic rings. The minimum Gasteiger partial charge on any atom is -0.338 e. The Balaban J connectivity index is 1.65. The second kappa shape index (κ2) is 8.30. The van der Waals surface area contributed by atoms with Crippen LogP contribution in [-0.2, 0) is 0 Å². The molecule has 142 valence electrons. The second-order valence-electron chi connectivity index (χ2n) is 7.79. The van der Waals surface area contributed by atoms with Gasteiger partial charge in [0.05, 0.1) is 10.6 Å². The topological polar surface area (TPSA) is 61.4 Å². The Morgan fingerprint density at radius 2 is 1.88 bits per heavy atom. The number of nitrogens with one attached hydrogen (secondary N) is 2. The first kappa shape index (κ1) is 19.0. The molecular formula is C20H28ClN3O2. The van der Waals surface area contributed by atoms with Gasteiger partial charge in [0.15, 0.2) is 0 Å². The molecule has 0 bridgehead atoms. The van der Waals surface area contributed by atoms with Crippen molar-refractivity contribution in [1.82, 2.24) is 10.2 Å². The van der Waals surface area contributed by atoms with Crippen LogP contribution in [0.5, 0.6) is 0 Å². The van der Waals surface area contributed by atoms with E-state index in [0.29, 0.717) is 22.2 Å². The molecule has 26 heavy (non-hydrogen) atoms. The van der Waals surface area contributed by atoms with Crippen molar-refractivity contribution >= 4 is 29.2 Å². The minimum atomic E-state index is -0.283. The standard InChI is InChI=1S/C20H28ClN3O2/c1-13(2)22-20(26)23-16-7-8-17(18(21)11-16)19(25)24-10-9-14-5-3-4-6-15(14)12-24/h7-8,11,13-15H,3-6,9-10,12H2,1-2H3,(H2,22,23,26)/t14-,15?/m1/s1. The summed E-state index contributed by atoms with van der Waals surface area (Å²) >= 11 is 6.35. The third-order valence-corrected chi connectivity index (χ3v) is 5.77. The van der Waals surface area contributed by atoms with E-state index >= 15 is 0 Å². The number of fused-ring (bicyclic) bond motifs is 1. The summed E-state index contributed by atoms with van der Waals surface area (Å²) in [5.74, 6) is 1.42. The van der Waals surface area contributed by atoms with Crippen molar-refractivity contribution in [1.29, 1.82) is 0 Å². The Bertz CT molecular complexity index is 677. The summed E-state index contributed by atoms with van der Waals surface area (Å²) in [4.78, 5) is 26.7. The monoisotopic (exact) mass is 377 g/mol. The highest BCUT2D eigenvalue weighted by Crippen LogP contribution is 2.36. The van der Waals surface area contributed by atoms with Gasteiger partial charge in [-0.25, -0.2) is 4.79 Å². The Morgan fingerprint density at radius 3 is 2.58 bits per heavy atom. The van der Waals surface area contributed by atoms with E-state index in [2.05, 4.69) is 10.6 Å². The number of urea groups is 1. The van der Waals surface area contributed by atoms with Crippen molar-refractivity contribution in [2.45, 2.75) is 52.0 Å². The van der Waals surface area contributed by atoms with Crippen LogP contribution in [0.3, 0.4) is 0 Å². The number of amides is 3. The predicted molar refractivity (Wildman–Crippen MR) is 105 cm³/mol. The second-order valence-corrected chi connectivity index (χ2v) is 8.20. The maximum atomic E-state index is 12.9. The molecule has 0 radical (unpaired) electrons. The van der Waals surface area contributed by atoms with Crippen molar-refractivity contribution in [2.75, 3.05) is 18.4 Å². The maximum Gasteiger partial charge on any atom is 0.319 e. The third-order valence-electron chi connectivity index (χ3n) is 5.46. The molecule has 1 aromatic carbocycles. The fraction of sp³-hybridized carbons (Fsp3) is 0.600. The summed E-state index contributed by atoms with van der Waals surface area (Å²) in [5.41, 5.74) is 1.09. The molecular weight excluding hydrogens is 350 g/mol. The number of carbonyl (C=O) groups is 2. The van der Waals surface area contributed by atoms with Gasteiger partial charge in [-0.15, -0.1) is 0 Å². The molecule has 5 nitrogen and oxygen atoms in total. The molecule has 1 aromatic rings. The molecule has 6 heteroatoms. The van der Waals surface area contributed by atoms with Gasteiger partial charge in [0.1, 0.15) is 0 Å². The van der Waals surface area contributed by atoms with Crippen molar-refractivity contribution < 1.29 is 9.59 Å². The van der Waals surface area contributed by atoms with Gasteiger partial charge in [-0.05, 0) is 56.7 Å². The lowest BCUT2D eigenvalue weighted by atomic mass is 9.75. The molecule has 0 spiro atoms. The zero-order chi connectivity index (χ0) is 18.7. The van der Waals surface area contributed by atoms with E-state index in [0.717, 1.165) is 25.4 Å². The van der Waals surface area contributed by atoms with E-state index in [1.54, 1.807) is 18.2 Å². The molecule has 1 saturated carbocycles. The van der Waals surface area contributed by atoms with E-state index in [4.69, 9.17) is 11.6 Å². The van der Waals surface area contributed by atoms with Gasteiger partial charge in [0, 0.05) is 24.8 Å². The van der Waals surface area contributed by atoms with Crippen molar-refractivity contribution in [3.05, 3.63) is 28.8 Å². The Hall–Kier alpha value is -1.75. The first-order valence-corrected chi connectivity index (χ1v) is 9.98. The number of nitrogens with zero attached hydrogens (tertiary/aromatic N) is 1. The molecule has 1 unspecified atom stereocenters. The summed E-state index contributed by atoms with van der Waals surface area (Å²) in [6.07, 6.45) is 6.26. The molecule has 3 rings (SSSR count). The van der Waals surface area contributed by atoms with E-state index in [9.17, 15) is 9.59 Å². The van der Waals surface area contributed by atoms with Crippen molar-refractivity contribution in [3.8, 4) is 0 Å². The van der Waals surface area contributed by atoms with Crippen molar-refractivity contribution in [3.63, 3.8) is 0 Å². The summed E-state index contributed by atoms with van der Waals surface area (Å²) in [6.45, 7) is 5.44. The number of anilines is 1. The van der Waals surface area contributed by atoms with E-state index in [-0.39, 0.29) is 18.0 Å². The lowest BCUT2D eigenvalue weighted by Crippen LogP contribution is -2.44. The maximum absolute atomic E-state index is 12.9. The van der Waals surface area contributed by atoms with Crippen LogP contribution >= 0.6 is 11.6 Å². The fourth-order valence-electron chi connectivity index (χ4n) is 4.15. The lowest BCUT2D eigenvalue weighted by molar-refractivity contribution is 0.0521. The average Bonchev–Trinajstić information content (AvgIpc) is 2.60. The van der Waals surface area contributed by atoms with Crippen LogP contribution < -0.4 is 10.6 Å². The van der Waals surface area contributed by atoms with Crippen LogP contribution in [0.25, 0.3) is 0 Å². The Kier molecular flexibility index (Phi) is 6.07. The van der Waals surface area contributed by atoms with Gasteiger partial charge >= 0.3 is 6.03 Å². The molecule has 1 saturated heterocycles. The highest BCUT2D eigenvalue weighted by Gasteiger charge is 2.33. The lowest BCUT2D eigenvalue weighted by Gasteiger charge is -2.41. The molecule has 2 N–H and O–H groups in total. The highest BCUT2D eigenvalue weighted by molar-refractivity contribution is 6.34. The SMILES string of the molecule is CC(C)NC(=O)Nc1ccc(C(=O)N2CC[C@H]3CCCCC3C2)c(Cl)c1. The summed E-state index contributed by atoms with van der Waals surface area (Å²) < 4.78 is 0. The van der Waals surface area contributed by atoms with Gasteiger partial charge in [0.2, 0.25) is 0 Å². The molecule has 1 heterocycles. The first-order valence-electron chi connectivity index (χ1n) is 9.60. The van der Waals surface area contributed by atoms with Crippen LogP contribution in [0.2, 0.25) is 5.02 Å². The van der Waals surface area contributed by atoms with Crippen molar-refractivity contribution in [2.24, 2.45) is 11.8 Å². The van der Waals surface area contributed by atoms with Crippen LogP contribution in [0.4, 0.5) is 10.5 Å². The smallest absolute Gasteiger partial charge is 0.319 e. The van der Waals surface area contributed by atoms with Gasteiger partial charge < -0.3 is 15.5 Å². The summed E-state index contributed by atoms with van der Waals surface area (Å²) in [5, 5.41) is 5.87. The molecule has 0 aromatic heterocycles. The van der Waals surface area contributed by atoms with Gasteiger partial charge in [-0.3, -0.25) is 4.79 Å². The largest absolute Gasteiger partial charge is 0.338 e. The van der Waals surface area contributed by atoms with E-state index in [1.807, 2.05) is 18.7 Å². The Morgan fingerprint density at radius 1 is 1.15 bits per heavy atom. The van der Waals surface area contributed by atoms with Crippen LogP contribution in [0.1, 0.15) is 56.3 Å². The summed E-state index contributed by atoms with van der Waals surface area (Å²) in [7, 11) is 0. The zero-order valence-corrected chi connectivity index (χ0v) is 16.3. The van der Waals surface area contributed by atoms with Gasteiger partial charge in [-0.1, -0.05) is 30.9 Å². The number of benzene rings is 1. The van der Waals surface area contributed by atoms with Crippen LogP contribution in [0, 0.1) is 11.8 Å². The van der Waals surface area contributed by atoms with Crippen LogP contribution in [0.15, 0.2) is 18.2 Å². The molecule has 1 aliphatic carbocycles. The third kappa shape index (κ3) is 4.50. The predicted octanol–water partition coefficient (Wildman–Crippen LogP) is 4.52. The molecule has 2 fully saturated rings. The number of likely N-dealkylation sites (tertiary alicyclic amines) is 1. The van der Waals surface area contributed by atoms with E-state index < -0.39 is 0 Å². The average molecular weight is 378 g/mol. The molecule has 2 atom stereocenters. The van der Waals surface area contributed by atoms with Gasteiger partial charge in [0.25, 0.3) is 5.91 Å². The number of hydrogen-bond acceptors (Lipinski definition) is 2. The van der Waals surface area contributed by atoms with Crippen LogP contribution in [-0.4, -0.2) is 36.0 Å². The highest BCUT2D eigenvalue weighted by atomic mass is 35.5. The number of halogens is 1. The first-order chi connectivity index (χ1) is 12.4. The Labute approximate surface area is 160 Å². The number of carbonyl (C=O) groups excluding carboxylic acids is 2. The number of rotatable bonds is 3. The van der Waals surface area contributed by atoms with E-state index in [1.165, 1.54) is 25.7 Å². The normalized spacial score (nSPS) is 22.7. The number of piperidine rings is 1. The minimum absolute atomic E-state index is 0.00259. The zero-order valence-electron chi connectivity index (χ0n) is 15.6. The molecule has 3 amide bonds. The fourth-order valence-corrected chi connectivity index (χ4v) is 4.41. The number of hydrogen-bond donors (Lipinski definition) is 2. The molecule has 1 aliphatic heterocycles. The summed E-state index contributed by atoms with van der Waals surface area (Å²) in [6, 6.07) is 4.85.